The summed E-state index contributed by atoms with van der Waals surface area (Å²) in [5.74, 6) is 0.0281. The summed E-state index contributed by atoms with van der Waals surface area (Å²) in [7, 11) is 0. The largest absolute Gasteiger partial charge is 0.294 e. The Morgan fingerprint density at radius 3 is 2.24 bits per heavy atom. The van der Waals surface area contributed by atoms with Crippen LogP contribution in [0, 0.1) is 17.2 Å². The number of hydrogen-bond acceptors (Lipinski definition) is 1. The van der Waals surface area contributed by atoms with E-state index in [1.807, 2.05) is 0 Å². The van der Waals surface area contributed by atoms with Gasteiger partial charge in [-0.1, -0.05) is 13.8 Å². The van der Waals surface area contributed by atoms with Crippen LogP contribution in [0.2, 0.25) is 0 Å². The SMILES string of the molecule is CC1(C)CCC(C(=O)c2ccc(F)cc2)CC1. The summed E-state index contributed by atoms with van der Waals surface area (Å²) in [4.78, 5) is 12.2. The Hall–Kier alpha value is -1.18. The van der Waals surface area contributed by atoms with Crippen LogP contribution in [-0.2, 0) is 0 Å². The Morgan fingerprint density at radius 1 is 1.18 bits per heavy atom. The molecular formula is C15H19FO. The first-order valence-electron chi connectivity index (χ1n) is 6.28. The predicted molar refractivity (Wildman–Crippen MR) is 66.5 cm³/mol. The summed E-state index contributed by atoms with van der Waals surface area (Å²) in [6.07, 6.45) is 4.13. The van der Waals surface area contributed by atoms with Crippen LogP contribution in [0.5, 0.6) is 0 Å². The molecule has 0 atom stereocenters. The van der Waals surface area contributed by atoms with Gasteiger partial charge in [-0.2, -0.15) is 0 Å². The molecule has 0 radical (unpaired) electrons. The Bertz CT molecular complexity index is 395. The molecule has 2 rings (SSSR count). The highest BCUT2D eigenvalue weighted by molar-refractivity contribution is 5.97. The second kappa shape index (κ2) is 4.59. The molecule has 0 spiro atoms. The van der Waals surface area contributed by atoms with Crippen molar-refractivity contribution in [3.63, 3.8) is 0 Å². The van der Waals surface area contributed by atoms with E-state index in [-0.39, 0.29) is 17.5 Å². The maximum Gasteiger partial charge on any atom is 0.165 e. The fraction of sp³-hybridized carbons (Fsp3) is 0.533. The molecule has 0 unspecified atom stereocenters. The molecule has 1 nitrogen and oxygen atoms in total. The van der Waals surface area contributed by atoms with Crippen molar-refractivity contribution in [2.45, 2.75) is 39.5 Å². The summed E-state index contributed by atoms with van der Waals surface area (Å²) in [5, 5.41) is 0. The summed E-state index contributed by atoms with van der Waals surface area (Å²) < 4.78 is 12.8. The number of benzene rings is 1. The molecule has 1 aliphatic rings. The van der Waals surface area contributed by atoms with Gasteiger partial charge in [0.1, 0.15) is 5.82 Å². The van der Waals surface area contributed by atoms with E-state index in [0.29, 0.717) is 11.0 Å². The van der Waals surface area contributed by atoms with E-state index >= 15 is 0 Å². The molecule has 0 aromatic heterocycles. The zero-order valence-corrected chi connectivity index (χ0v) is 10.5. The van der Waals surface area contributed by atoms with E-state index < -0.39 is 0 Å². The fourth-order valence-electron chi connectivity index (χ4n) is 2.51. The predicted octanol–water partition coefficient (Wildman–Crippen LogP) is 4.22. The minimum Gasteiger partial charge on any atom is -0.294 e. The smallest absolute Gasteiger partial charge is 0.165 e. The first-order valence-corrected chi connectivity index (χ1v) is 6.28. The minimum atomic E-state index is -0.286. The average Bonchev–Trinajstić information content (AvgIpc) is 2.29. The van der Waals surface area contributed by atoms with Crippen molar-refractivity contribution in [3.8, 4) is 0 Å². The van der Waals surface area contributed by atoms with Crippen LogP contribution >= 0.6 is 0 Å². The number of carbonyl (C=O) groups excluding carboxylic acids is 1. The Morgan fingerprint density at radius 2 is 1.71 bits per heavy atom. The molecule has 0 amide bonds. The highest BCUT2D eigenvalue weighted by Gasteiger charge is 2.30. The number of hydrogen-bond donors (Lipinski definition) is 0. The lowest BCUT2D eigenvalue weighted by atomic mass is 9.71. The molecule has 17 heavy (non-hydrogen) atoms. The van der Waals surface area contributed by atoms with Gasteiger partial charge in [0.15, 0.2) is 5.78 Å². The van der Waals surface area contributed by atoms with Gasteiger partial charge >= 0.3 is 0 Å². The van der Waals surface area contributed by atoms with Crippen molar-refractivity contribution in [2.75, 3.05) is 0 Å². The first kappa shape index (κ1) is 12.3. The van der Waals surface area contributed by atoms with Gasteiger partial charge in [-0.3, -0.25) is 4.79 Å². The van der Waals surface area contributed by atoms with Gasteiger partial charge < -0.3 is 0 Å². The molecule has 0 saturated heterocycles. The molecule has 1 saturated carbocycles. The van der Waals surface area contributed by atoms with Crippen LogP contribution < -0.4 is 0 Å². The van der Waals surface area contributed by atoms with Crippen molar-refractivity contribution in [3.05, 3.63) is 35.6 Å². The van der Waals surface area contributed by atoms with Gasteiger partial charge in [0.2, 0.25) is 0 Å². The van der Waals surface area contributed by atoms with Crippen LogP contribution in [0.3, 0.4) is 0 Å². The van der Waals surface area contributed by atoms with E-state index in [9.17, 15) is 9.18 Å². The van der Waals surface area contributed by atoms with E-state index in [2.05, 4.69) is 13.8 Å². The average molecular weight is 234 g/mol. The second-order valence-electron chi connectivity index (χ2n) is 5.81. The molecule has 0 heterocycles. The zero-order chi connectivity index (χ0) is 12.5. The van der Waals surface area contributed by atoms with Crippen LogP contribution in [0.4, 0.5) is 4.39 Å². The Balaban J connectivity index is 2.04. The van der Waals surface area contributed by atoms with Crippen LogP contribution in [0.15, 0.2) is 24.3 Å². The lowest BCUT2D eigenvalue weighted by Crippen LogP contribution is -2.26. The summed E-state index contributed by atoms with van der Waals surface area (Å²) in [5.41, 5.74) is 1.02. The normalized spacial score (nSPS) is 20.2. The fourth-order valence-corrected chi connectivity index (χ4v) is 2.51. The molecule has 0 aliphatic heterocycles. The highest BCUT2D eigenvalue weighted by atomic mass is 19.1. The standard InChI is InChI=1S/C15H19FO/c1-15(2)9-7-12(8-10-15)14(17)11-3-5-13(16)6-4-11/h3-6,12H,7-10H2,1-2H3. The highest BCUT2D eigenvalue weighted by Crippen LogP contribution is 2.39. The molecule has 0 N–H and O–H groups in total. The maximum absolute atomic E-state index is 12.8. The third kappa shape index (κ3) is 2.93. The topological polar surface area (TPSA) is 17.1 Å². The van der Waals surface area contributed by atoms with Crippen molar-refractivity contribution >= 4 is 5.78 Å². The minimum absolute atomic E-state index is 0.133. The Kier molecular flexibility index (Phi) is 3.32. The van der Waals surface area contributed by atoms with Gasteiger partial charge in [-0.05, 0) is 55.4 Å². The van der Waals surface area contributed by atoms with Crippen LogP contribution in [0.25, 0.3) is 0 Å². The summed E-state index contributed by atoms with van der Waals surface area (Å²) >= 11 is 0. The van der Waals surface area contributed by atoms with E-state index in [1.54, 1.807) is 12.1 Å². The second-order valence-corrected chi connectivity index (χ2v) is 5.81. The Labute approximate surface area is 102 Å². The molecule has 92 valence electrons. The molecule has 1 aromatic carbocycles. The first-order chi connectivity index (χ1) is 7.98. The molecule has 2 heteroatoms. The molecular weight excluding hydrogens is 215 g/mol. The molecule has 1 aliphatic carbocycles. The number of rotatable bonds is 2. The monoisotopic (exact) mass is 234 g/mol. The van der Waals surface area contributed by atoms with Crippen LogP contribution in [-0.4, -0.2) is 5.78 Å². The van der Waals surface area contributed by atoms with E-state index in [1.165, 1.54) is 12.1 Å². The van der Waals surface area contributed by atoms with Gasteiger partial charge in [0.25, 0.3) is 0 Å². The van der Waals surface area contributed by atoms with Gasteiger partial charge in [0.05, 0.1) is 0 Å². The van der Waals surface area contributed by atoms with Crippen LogP contribution in [0.1, 0.15) is 49.9 Å². The van der Waals surface area contributed by atoms with Crippen molar-refractivity contribution in [2.24, 2.45) is 11.3 Å². The molecule has 1 aromatic rings. The number of Topliss-reactive ketones (excluding diaryl/α,β-unsaturated/α-hetero) is 1. The maximum atomic E-state index is 12.8. The van der Waals surface area contributed by atoms with Gasteiger partial charge in [0, 0.05) is 11.5 Å². The third-order valence-corrected chi connectivity index (χ3v) is 3.84. The summed E-state index contributed by atoms with van der Waals surface area (Å²) in [6.45, 7) is 4.51. The quantitative estimate of drug-likeness (QED) is 0.700. The lowest BCUT2D eigenvalue weighted by molar-refractivity contribution is 0.0838. The third-order valence-electron chi connectivity index (χ3n) is 3.84. The van der Waals surface area contributed by atoms with Gasteiger partial charge in [-0.15, -0.1) is 0 Å². The van der Waals surface area contributed by atoms with Crippen molar-refractivity contribution in [1.82, 2.24) is 0 Å². The molecule has 1 fully saturated rings. The van der Waals surface area contributed by atoms with E-state index in [0.717, 1.165) is 25.7 Å². The zero-order valence-electron chi connectivity index (χ0n) is 10.5. The van der Waals surface area contributed by atoms with E-state index in [4.69, 9.17) is 0 Å². The lowest BCUT2D eigenvalue weighted by Gasteiger charge is -2.33. The van der Waals surface area contributed by atoms with Crippen molar-refractivity contribution in [1.29, 1.82) is 0 Å². The number of carbonyl (C=O) groups is 1. The number of ketones is 1. The summed E-state index contributed by atoms with van der Waals surface area (Å²) in [6, 6.07) is 5.91. The van der Waals surface area contributed by atoms with Gasteiger partial charge in [-0.25, -0.2) is 4.39 Å². The number of halogens is 1. The molecule has 0 bridgehead atoms. The van der Waals surface area contributed by atoms with Crippen molar-refractivity contribution < 1.29 is 9.18 Å².